The normalized spacial score (nSPS) is 11.5. The van der Waals surface area contributed by atoms with Crippen LogP contribution in [0.3, 0.4) is 0 Å². The summed E-state index contributed by atoms with van der Waals surface area (Å²) in [6, 6.07) is 5.55. The van der Waals surface area contributed by atoms with E-state index in [1.54, 1.807) is 13.8 Å². The number of sulfone groups is 1. The fourth-order valence-corrected chi connectivity index (χ4v) is 4.15. The number of hydrogen-bond acceptors (Lipinski definition) is 6. The Labute approximate surface area is 149 Å². The number of nitro groups is 1. The second kappa shape index (κ2) is 6.75. The number of benzene rings is 2. The topological polar surface area (TPSA) is 135 Å². The third kappa shape index (κ3) is 3.25. The maximum atomic E-state index is 13.0. The number of phenols is 1. The van der Waals surface area contributed by atoms with Gasteiger partial charge in [-0.3, -0.25) is 10.1 Å². The molecule has 0 aromatic heterocycles. The number of aromatic carboxylic acids is 1. The number of aromatic hydroxyl groups is 1. The van der Waals surface area contributed by atoms with E-state index < -0.39 is 32.0 Å². The summed E-state index contributed by atoms with van der Waals surface area (Å²) in [6.07, 6.45) is 0. The molecule has 26 heavy (non-hydrogen) atoms. The zero-order valence-electron chi connectivity index (χ0n) is 14.3. The monoisotopic (exact) mass is 379 g/mol. The van der Waals surface area contributed by atoms with Crippen LogP contribution in [-0.2, 0) is 9.84 Å². The van der Waals surface area contributed by atoms with Crippen LogP contribution in [-0.4, -0.2) is 29.5 Å². The van der Waals surface area contributed by atoms with Crippen molar-refractivity contribution in [1.29, 1.82) is 0 Å². The average Bonchev–Trinajstić information content (AvgIpc) is 2.54. The maximum Gasteiger partial charge on any atom is 0.339 e. The van der Waals surface area contributed by atoms with Crippen molar-refractivity contribution in [2.75, 3.05) is 0 Å². The van der Waals surface area contributed by atoms with Crippen molar-refractivity contribution in [1.82, 2.24) is 0 Å². The first kappa shape index (κ1) is 19.4. The quantitative estimate of drug-likeness (QED) is 0.601. The molecule has 138 valence electrons. The number of nitrogens with zero attached hydrogens (tertiary/aromatic N) is 1. The summed E-state index contributed by atoms with van der Waals surface area (Å²) in [6.45, 7) is 4.68. The third-order valence-electron chi connectivity index (χ3n) is 4.02. The van der Waals surface area contributed by atoms with Crippen molar-refractivity contribution >= 4 is 21.5 Å². The average molecular weight is 379 g/mol. The number of hydrogen-bond donors (Lipinski definition) is 2. The molecule has 2 N–H and O–H groups in total. The van der Waals surface area contributed by atoms with Crippen LogP contribution in [0.5, 0.6) is 5.75 Å². The largest absolute Gasteiger partial charge is 0.507 e. The van der Waals surface area contributed by atoms with Crippen LogP contribution in [0, 0.1) is 17.0 Å². The summed E-state index contributed by atoms with van der Waals surface area (Å²) >= 11 is 0. The van der Waals surface area contributed by atoms with Crippen LogP contribution in [0.1, 0.15) is 41.3 Å². The Morgan fingerprint density at radius 3 is 2.15 bits per heavy atom. The number of carboxylic acids is 1. The number of rotatable bonds is 5. The standard InChI is InChI=1S/C17H17NO7S/c1-9(2)13-8-14(10(3)15(16(13)19)17(20)21)26(24,25)12-6-4-11(5-7-12)18(22)23/h4-9,19H,1-3H3,(H,20,21). The van der Waals surface area contributed by atoms with E-state index >= 15 is 0 Å². The second-order valence-electron chi connectivity index (χ2n) is 6.03. The van der Waals surface area contributed by atoms with E-state index in [1.807, 2.05) is 0 Å². The van der Waals surface area contributed by atoms with Gasteiger partial charge in [0.2, 0.25) is 9.84 Å². The molecule has 0 aliphatic heterocycles. The summed E-state index contributed by atoms with van der Waals surface area (Å²) < 4.78 is 25.9. The van der Waals surface area contributed by atoms with Crippen LogP contribution in [0.2, 0.25) is 0 Å². The van der Waals surface area contributed by atoms with Crippen LogP contribution in [0.4, 0.5) is 5.69 Å². The summed E-state index contributed by atoms with van der Waals surface area (Å²) in [5.74, 6) is -2.23. The summed E-state index contributed by atoms with van der Waals surface area (Å²) in [4.78, 5) is 21.1. The molecule has 0 bridgehead atoms. The Kier molecular flexibility index (Phi) is 5.04. The number of non-ortho nitro benzene ring substituents is 1. The lowest BCUT2D eigenvalue weighted by atomic mass is 9.96. The molecule has 2 rings (SSSR count). The molecule has 0 fully saturated rings. The number of carbonyl (C=O) groups is 1. The van der Waals surface area contributed by atoms with Gasteiger partial charge < -0.3 is 10.2 Å². The van der Waals surface area contributed by atoms with E-state index in [4.69, 9.17) is 0 Å². The molecule has 0 saturated carbocycles. The molecule has 8 nitrogen and oxygen atoms in total. The maximum absolute atomic E-state index is 13.0. The molecule has 0 amide bonds. The third-order valence-corrected chi connectivity index (χ3v) is 5.92. The molecular weight excluding hydrogens is 362 g/mol. The van der Waals surface area contributed by atoms with Gasteiger partial charge in [0, 0.05) is 12.1 Å². The molecule has 2 aromatic rings. The number of carboxylic acid groups (broad SMARTS) is 1. The highest BCUT2D eigenvalue weighted by molar-refractivity contribution is 7.91. The van der Waals surface area contributed by atoms with E-state index in [9.17, 15) is 33.5 Å². The molecular formula is C17H17NO7S. The molecule has 0 unspecified atom stereocenters. The lowest BCUT2D eigenvalue weighted by Crippen LogP contribution is -2.11. The van der Waals surface area contributed by atoms with Gasteiger partial charge in [-0.2, -0.15) is 0 Å². The van der Waals surface area contributed by atoms with E-state index in [0.717, 1.165) is 24.3 Å². The first-order valence-electron chi connectivity index (χ1n) is 7.57. The van der Waals surface area contributed by atoms with Gasteiger partial charge in [-0.05, 0) is 42.2 Å². The number of nitro benzene ring substituents is 1. The zero-order valence-corrected chi connectivity index (χ0v) is 15.1. The van der Waals surface area contributed by atoms with Crippen molar-refractivity contribution in [3.8, 4) is 5.75 Å². The molecule has 0 aliphatic rings. The van der Waals surface area contributed by atoms with Crippen molar-refractivity contribution in [2.24, 2.45) is 0 Å². The molecule has 0 heterocycles. The molecule has 0 spiro atoms. The van der Waals surface area contributed by atoms with Gasteiger partial charge in [0.25, 0.3) is 5.69 Å². The highest BCUT2D eigenvalue weighted by Crippen LogP contribution is 2.37. The summed E-state index contributed by atoms with van der Waals surface area (Å²) in [5.41, 5.74) is -0.650. The smallest absolute Gasteiger partial charge is 0.339 e. The van der Waals surface area contributed by atoms with E-state index in [2.05, 4.69) is 0 Å². The Balaban J connectivity index is 2.77. The van der Waals surface area contributed by atoms with Gasteiger partial charge in [-0.1, -0.05) is 13.8 Å². The second-order valence-corrected chi connectivity index (χ2v) is 7.94. The minimum absolute atomic E-state index is 0.0993. The van der Waals surface area contributed by atoms with E-state index in [0.29, 0.717) is 0 Å². The minimum atomic E-state index is -4.14. The predicted molar refractivity (Wildman–Crippen MR) is 92.4 cm³/mol. The van der Waals surface area contributed by atoms with E-state index in [1.165, 1.54) is 13.0 Å². The van der Waals surface area contributed by atoms with Gasteiger partial charge in [-0.25, -0.2) is 13.2 Å². The fraction of sp³-hybridized carbons (Fsp3) is 0.235. The van der Waals surface area contributed by atoms with Crippen LogP contribution in [0.15, 0.2) is 40.1 Å². The van der Waals surface area contributed by atoms with Crippen LogP contribution >= 0.6 is 0 Å². The SMILES string of the molecule is Cc1c(S(=O)(=O)c2ccc([N+](=O)[O-])cc2)cc(C(C)C)c(O)c1C(=O)O. The predicted octanol–water partition coefficient (Wildman–Crippen LogP) is 3.26. The van der Waals surface area contributed by atoms with Crippen molar-refractivity contribution < 1.29 is 28.3 Å². The Morgan fingerprint density at radius 1 is 1.19 bits per heavy atom. The van der Waals surface area contributed by atoms with Crippen LogP contribution in [0.25, 0.3) is 0 Å². The minimum Gasteiger partial charge on any atom is -0.507 e. The van der Waals surface area contributed by atoms with Crippen LogP contribution < -0.4 is 0 Å². The Hall–Kier alpha value is -2.94. The van der Waals surface area contributed by atoms with Crippen molar-refractivity contribution in [3.63, 3.8) is 0 Å². The first-order chi connectivity index (χ1) is 12.0. The highest BCUT2D eigenvalue weighted by Gasteiger charge is 2.28. The molecule has 0 atom stereocenters. The molecule has 2 aromatic carbocycles. The summed E-state index contributed by atoms with van der Waals surface area (Å²) in [5, 5.41) is 30.3. The lowest BCUT2D eigenvalue weighted by molar-refractivity contribution is -0.384. The van der Waals surface area contributed by atoms with Crippen molar-refractivity contribution in [3.05, 3.63) is 57.1 Å². The lowest BCUT2D eigenvalue weighted by Gasteiger charge is -2.17. The zero-order chi connectivity index (χ0) is 19.8. The van der Waals surface area contributed by atoms with Gasteiger partial charge in [0.05, 0.1) is 14.7 Å². The Bertz CT molecular complexity index is 993. The fourth-order valence-electron chi connectivity index (χ4n) is 2.62. The molecule has 0 radical (unpaired) electrons. The highest BCUT2D eigenvalue weighted by atomic mass is 32.2. The van der Waals surface area contributed by atoms with Gasteiger partial charge in [-0.15, -0.1) is 0 Å². The van der Waals surface area contributed by atoms with Gasteiger partial charge in [0.1, 0.15) is 11.3 Å². The van der Waals surface area contributed by atoms with Gasteiger partial charge in [0.15, 0.2) is 0 Å². The van der Waals surface area contributed by atoms with Gasteiger partial charge >= 0.3 is 5.97 Å². The molecule has 9 heteroatoms. The summed E-state index contributed by atoms with van der Waals surface area (Å²) in [7, 11) is -4.14. The van der Waals surface area contributed by atoms with Crippen molar-refractivity contribution in [2.45, 2.75) is 36.5 Å². The first-order valence-corrected chi connectivity index (χ1v) is 9.06. The Morgan fingerprint density at radius 2 is 1.73 bits per heavy atom. The molecule has 0 saturated heterocycles. The molecule has 0 aliphatic carbocycles. The van der Waals surface area contributed by atoms with E-state index in [-0.39, 0.29) is 32.5 Å².